The number of carboxylic acid groups (broad SMARTS) is 1. The van der Waals surface area contributed by atoms with E-state index in [1.807, 2.05) is 18.2 Å². The average Bonchev–Trinajstić information content (AvgIpc) is 2.79. The van der Waals surface area contributed by atoms with Crippen molar-refractivity contribution < 1.29 is 29.3 Å². The van der Waals surface area contributed by atoms with Crippen molar-refractivity contribution >= 4 is 23.5 Å². The van der Waals surface area contributed by atoms with Gasteiger partial charge in [-0.15, -0.1) is 0 Å². The smallest absolute Gasteiger partial charge is 0.329 e. The number of rotatable bonds is 10. The molecule has 1 aliphatic carbocycles. The Hall–Kier alpha value is -2.77. The number of carbonyl (C=O) groups is 2. The van der Waals surface area contributed by atoms with E-state index in [9.17, 15) is 14.7 Å². The molecule has 0 unspecified atom stereocenters. The maximum Gasteiger partial charge on any atom is 0.329 e. The minimum Gasteiger partial charge on any atom is -0.489 e. The summed E-state index contributed by atoms with van der Waals surface area (Å²) < 4.78 is 11.4. The Balaban J connectivity index is 1.74. The van der Waals surface area contributed by atoms with Crippen LogP contribution in [0.3, 0.4) is 0 Å². The summed E-state index contributed by atoms with van der Waals surface area (Å²) in [6.07, 6.45) is 2.89. The minimum absolute atomic E-state index is 0.0799. The molecule has 1 aliphatic rings. The molecule has 1 amide bonds. The SMILES string of the molecule is C[C@H]1CC[C@](NC(=O)c2ccc(OCCO)c(OCCc3cccc(Cl)c3)c2)(C(=O)O)CC1. The number of aliphatic hydroxyl groups is 1. The molecule has 0 atom stereocenters. The summed E-state index contributed by atoms with van der Waals surface area (Å²) in [5.41, 5.74) is 0.0241. The maximum absolute atomic E-state index is 13.0. The number of aliphatic carboxylic acids is 1. The lowest BCUT2D eigenvalue weighted by Crippen LogP contribution is -2.56. The molecule has 0 saturated heterocycles. The third-order valence-electron chi connectivity index (χ3n) is 5.98. The Morgan fingerprint density at radius 2 is 1.82 bits per heavy atom. The Kier molecular flexibility index (Phi) is 8.58. The second kappa shape index (κ2) is 11.4. The van der Waals surface area contributed by atoms with E-state index in [4.69, 9.17) is 26.2 Å². The zero-order valence-electron chi connectivity index (χ0n) is 18.7. The van der Waals surface area contributed by atoms with Gasteiger partial charge in [0.15, 0.2) is 11.5 Å². The van der Waals surface area contributed by atoms with E-state index in [1.165, 1.54) is 0 Å². The Labute approximate surface area is 198 Å². The van der Waals surface area contributed by atoms with Gasteiger partial charge < -0.3 is 25.0 Å². The van der Waals surface area contributed by atoms with E-state index < -0.39 is 17.4 Å². The first kappa shape index (κ1) is 24.9. The molecule has 0 aliphatic heterocycles. The normalized spacial score (nSPS) is 20.2. The Morgan fingerprint density at radius 1 is 1.09 bits per heavy atom. The summed E-state index contributed by atoms with van der Waals surface area (Å²) in [6, 6.07) is 12.2. The molecular formula is C25H30ClNO6. The number of hydrogen-bond donors (Lipinski definition) is 3. The fraction of sp³-hybridized carbons (Fsp3) is 0.440. The quantitative estimate of drug-likeness (QED) is 0.478. The number of carbonyl (C=O) groups excluding carboxylic acids is 1. The number of nitrogens with one attached hydrogen (secondary N) is 1. The first-order chi connectivity index (χ1) is 15.8. The second-order valence-electron chi connectivity index (χ2n) is 8.49. The fourth-order valence-corrected chi connectivity index (χ4v) is 4.16. The molecule has 0 radical (unpaired) electrons. The van der Waals surface area contributed by atoms with Gasteiger partial charge in [-0.3, -0.25) is 4.79 Å². The Morgan fingerprint density at radius 3 is 2.48 bits per heavy atom. The number of carboxylic acids is 1. The third kappa shape index (κ3) is 6.62. The van der Waals surface area contributed by atoms with Gasteiger partial charge in [0.25, 0.3) is 5.91 Å². The molecule has 1 saturated carbocycles. The van der Waals surface area contributed by atoms with Crippen LogP contribution in [-0.4, -0.2) is 47.4 Å². The predicted octanol–water partition coefficient (Wildman–Crippen LogP) is 4.10. The molecule has 3 rings (SSSR count). The van der Waals surface area contributed by atoms with Gasteiger partial charge in [-0.25, -0.2) is 4.79 Å². The van der Waals surface area contributed by atoms with Gasteiger partial charge in [0.1, 0.15) is 12.1 Å². The lowest BCUT2D eigenvalue weighted by molar-refractivity contribution is -0.146. The summed E-state index contributed by atoms with van der Waals surface area (Å²) in [6.45, 7) is 2.32. The highest BCUT2D eigenvalue weighted by Crippen LogP contribution is 2.33. The number of ether oxygens (including phenoxy) is 2. The van der Waals surface area contributed by atoms with Crippen molar-refractivity contribution in [2.24, 2.45) is 5.92 Å². The second-order valence-corrected chi connectivity index (χ2v) is 8.92. The highest BCUT2D eigenvalue weighted by molar-refractivity contribution is 6.30. The van der Waals surface area contributed by atoms with Crippen LogP contribution in [0.1, 0.15) is 48.5 Å². The molecule has 33 heavy (non-hydrogen) atoms. The van der Waals surface area contributed by atoms with Crippen LogP contribution >= 0.6 is 11.6 Å². The summed E-state index contributed by atoms with van der Waals surface area (Å²) in [5.74, 6) is -0.299. The van der Waals surface area contributed by atoms with Gasteiger partial charge in [0, 0.05) is 17.0 Å². The van der Waals surface area contributed by atoms with Crippen molar-refractivity contribution in [2.75, 3.05) is 19.8 Å². The lowest BCUT2D eigenvalue weighted by atomic mass is 9.77. The van der Waals surface area contributed by atoms with Crippen molar-refractivity contribution in [3.63, 3.8) is 0 Å². The number of aliphatic hydroxyl groups excluding tert-OH is 1. The lowest BCUT2D eigenvalue weighted by Gasteiger charge is -2.36. The first-order valence-electron chi connectivity index (χ1n) is 11.1. The third-order valence-corrected chi connectivity index (χ3v) is 6.22. The van der Waals surface area contributed by atoms with Crippen LogP contribution in [0.4, 0.5) is 0 Å². The van der Waals surface area contributed by atoms with Gasteiger partial charge in [-0.05, 0) is 67.5 Å². The van der Waals surface area contributed by atoms with Crippen molar-refractivity contribution in [2.45, 2.75) is 44.6 Å². The molecule has 1 fully saturated rings. The van der Waals surface area contributed by atoms with Crippen LogP contribution in [0.15, 0.2) is 42.5 Å². The van der Waals surface area contributed by atoms with Crippen LogP contribution in [-0.2, 0) is 11.2 Å². The number of amides is 1. The van der Waals surface area contributed by atoms with Crippen LogP contribution in [0.25, 0.3) is 0 Å². The van der Waals surface area contributed by atoms with Crippen LogP contribution in [0, 0.1) is 5.92 Å². The van der Waals surface area contributed by atoms with E-state index >= 15 is 0 Å². The molecule has 7 nitrogen and oxygen atoms in total. The zero-order valence-corrected chi connectivity index (χ0v) is 19.4. The predicted molar refractivity (Wildman–Crippen MR) is 125 cm³/mol. The van der Waals surface area contributed by atoms with E-state index in [0.717, 1.165) is 18.4 Å². The number of halogens is 1. The molecule has 0 spiro atoms. The standard InChI is InChI=1S/C25H30ClNO6/c1-17-7-10-25(11-8-17,24(30)31)27-23(29)19-5-6-21(33-14-12-28)22(16-19)32-13-9-18-3-2-4-20(26)15-18/h2-6,15-17,28H,7-14H2,1H3,(H,27,29)(H,30,31)/t17-,25+. The summed E-state index contributed by atoms with van der Waals surface area (Å²) >= 11 is 6.03. The van der Waals surface area contributed by atoms with Crippen molar-refractivity contribution in [1.82, 2.24) is 5.32 Å². The van der Waals surface area contributed by atoms with Crippen molar-refractivity contribution in [3.05, 3.63) is 58.6 Å². The number of hydrogen-bond acceptors (Lipinski definition) is 5. The van der Waals surface area contributed by atoms with E-state index in [1.54, 1.807) is 24.3 Å². The molecule has 0 aromatic heterocycles. The molecule has 178 valence electrons. The van der Waals surface area contributed by atoms with Crippen LogP contribution in [0.2, 0.25) is 5.02 Å². The van der Waals surface area contributed by atoms with Gasteiger partial charge in [0.2, 0.25) is 0 Å². The van der Waals surface area contributed by atoms with E-state index in [2.05, 4.69) is 12.2 Å². The summed E-state index contributed by atoms with van der Waals surface area (Å²) in [7, 11) is 0. The van der Waals surface area contributed by atoms with Crippen molar-refractivity contribution in [1.29, 1.82) is 0 Å². The Bertz CT molecular complexity index is 971. The molecule has 2 aromatic rings. The fourth-order valence-electron chi connectivity index (χ4n) is 3.95. The molecule has 0 heterocycles. The van der Waals surface area contributed by atoms with Crippen molar-refractivity contribution in [3.8, 4) is 11.5 Å². The molecule has 2 aromatic carbocycles. The maximum atomic E-state index is 13.0. The largest absolute Gasteiger partial charge is 0.489 e. The summed E-state index contributed by atoms with van der Waals surface area (Å²) in [4.78, 5) is 25.0. The van der Waals surface area contributed by atoms with Gasteiger partial charge >= 0.3 is 5.97 Å². The molecule has 8 heteroatoms. The number of benzene rings is 2. The summed E-state index contributed by atoms with van der Waals surface area (Å²) in [5, 5.41) is 22.3. The molecular weight excluding hydrogens is 446 g/mol. The van der Waals surface area contributed by atoms with Gasteiger partial charge in [-0.1, -0.05) is 30.7 Å². The average molecular weight is 476 g/mol. The highest BCUT2D eigenvalue weighted by Gasteiger charge is 2.42. The van der Waals surface area contributed by atoms with Gasteiger partial charge in [0.05, 0.1) is 13.2 Å². The van der Waals surface area contributed by atoms with Crippen LogP contribution < -0.4 is 14.8 Å². The topological polar surface area (TPSA) is 105 Å². The first-order valence-corrected chi connectivity index (χ1v) is 11.5. The molecule has 0 bridgehead atoms. The van der Waals surface area contributed by atoms with E-state index in [0.29, 0.717) is 48.3 Å². The van der Waals surface area contributed by atoms with Gasteiger partial charge in [-0.2, -0.15) is 0 Å². The van der Waals surface area contributed by atoms with Crippen LogP contribution in [0.5, 0.6) is 11.5 Å². The highest BCUT2D eigenvalue weighted by atomic mass is 35.5. The minimum atomic E-state index is -1.26. The molecule has 3 N–H and O–H groups in total. The zero-order chi connectivity index (χ0) is 23.8. The van der Waals surface area contributed by atoms with E-state index in [-0.39, 0.29) is 18.8 Å². The monoisotopic (exact) mass is 475 g/mol.